The van der Waals surface area contributed by atoms with E-state index in [9.17, 15) is 23.3 Å². The van der Waals surface area contributed by atoms with Crippen LogP contribution in [0.3, 0.4) is 0 Å². The van der Waals surface area contributed by atoms with Crippen molar-refractivity contribution < 1.29 is 18.0 Å². The van der Waals surface area contributed by atoms with E-state index in [0.717, 1.165) is 12.0 Å². The topological polar surface area (TPSA) is 140 Å². The first-order valence-corrected chi connectivity index (χ1v) is 12.7. The number of nitrogens with two attached hydrogens (primary N) is 1. The predicted molar refractivity (Wildman–Crippen MR) is 120 cm³/mol. The fourth-order valence-electron chi connectivity index (χ4n) is 5.33. The fourth-order valence-corrected chi connectivity index (χ4v) is 6.11. The van der Waals surface area contributed by atoms with Crippen LogP contribution in [0.5, 0.6) is 0 Å². The Labute approximate surface area is 194 Å². The third-order valence-corrected chi connectivity index (χ3v) is 8.50. The summed E-state index contributed by atoms with van der Waals surface area (Å²) >= 11 is 0. The highest BCUT2D eigenvalue weighted by atomic mass is 32.2. The summed E-state index contributed by atoms with van der Waals surface area (Å²) < 4.78 is 26.6. The molecular weight excluding hydrogens is 444 g/mol. The van der Waals surface area contributed by atoms with Gasteiger partial charge in [0.1, 0.15) is 6.04 Å². The number of piperazine rings is 1. The van der Waals surface area contributed by atoms with E-state index < -0.39 is 22.1 Å². The number of fused-ring (bicyclic) bond motifs is 2. The summed E-state index contributed by atoms with van der Waals surface area (Å²) in [5, 5.41) is 9.24. The summed E-state index contributed by atoms with van der Waals surface area (Å²) in [5.41, 5.74) is 6.95. The minimum Gasteiger partial charge on any atom is -0.330 e. The minimum atomic E-state index is -3.58. The molecule has 11 heteroatoms. The highest BCUT2D eigenvalue weighted by Crippen LogP contribution is 2.38. The second-order valence-electron chi connectivity index (χ2n) is 8.99. The molecule has 0 aliphatic carbocycles. The molecule has 33 heavy (non-hydrogen) atoms. The van der Waals surface area contributed by atoms with Crippen molar-refractivity contribution in [1.82, 2.24) is 19.4 Å². The van der Waals surface area contributed by atoms with Gasteiger partial charge >= 0.3 is 0 Å². The molecule has 1 unspecified atom stereocenters. The Bertz CT molecular complexity index is 1090. The van der Waals surface area contributed by atoms with E-state index in [1.807, 2.05) is 22.8 Å². The van der Waals surface area contributed by atoms with Crippen LogP contribution in [0, 0.1) is 11.3 Å². The molecule has 0 aromatic heterocycles. The molecule has 1 aromatic rings. The van der Waals surface area contributed by atoms with Gasteiger partial charge in [0, 0.05) is 25.7 Å². The second kappa shape index (κ2) is 9.02. The Kier molecular flexibility index (Phi) is 6.46. The highest BCUT2D eigenvalue weighted by molar-refractivity contribution is 7.89. The van der Waals surface area contributed by atoms with Crippen LogP contribution in [-0.4, -0.2) is 85.8 Å². The zero-order chi connectivity index (χ0) is 23.9. The van der Waals surface area contributed by atoms with Crippen molar-refractivity contribution in [3.63, 3.8) is 0 Å². The van der Waals surface area contributed by atoms with Gasteiger partial charge in [-0.15, -0.1) is 0 Å². The third kappa shape index (κ3) is 4.24. The van der Waals surface area contributed by atoms with Crippen LogP contribution in [0.1, 0.15) is 37.8 Å². The van der Waals surface area contributed by atoms with Crippen LogP contribution in [0.25, 0.3) is 0 Å². The summed E-state index contributed by atoms with van der Waals surface area (Å²) in [7, 11) is -2.21. The van der Waals surface area contributed by atoms with Gasteiger partial charge in [0.2, 0.25) is 21.8 Å². The lowest BCUT2D eigenvalue weighted by Gasteiger charge is -2.38. The number of sulfonamides is 1. The monoisotopic (exact) mass is 474 g/mol. The summed E-state index contributed by atoms with van der Waals surface area (Å²) in [5.74, 6) is -0.265. The highest BCUT2D eigenvalue weighted by Gasteiger charge is 2.51. The van der Waals surface area contributed by atoms with Gasteiger partial charge in [0.15, 0.2) is 0 Å². The minimum absolute atomic E-state index is 0.0250. The standard InChI is InChI=1S/C22H30N6O4S/c1-14(15-5-3-7-18(9-15)33(31,32)25-2)28-17-10-20(22(28)30)26(12-17)13-19(24)21(29)27-8-4-6-16(27)11-23/h3,5,7,9,14,16-17,19-20,25H,4,6,8,10,12-13,24H2,1-2H3/t14-,16+,17?,19+,20+/m1/s1. The first-order valence-electron chi connectivity index (χ1n) is 11.2. The fraction of sp³-hybridized carbons (Fsp3) is 0.591. The van der Waals surface area contributed by atoms with Crippen molar-refractivity contribution >= 4 is 21.8 Å². The first kappa shape index (κ1) is 23.6. The molecule has 2 amide bonds. The number of hydrogen-bond acceptors (Lipinski definition) is 7. The van der Waals surface area contributed by atoms with Crippen molar-refractivity contribution in [2.75, 3.05) is 26.7 Å². The molecule has 0 saturated carbocycles. The number of nitriles is 1. The molecule has 5 atom stereocenters. The summed E-state index contributed by atoms with van der Waals surface area (Å²) in [6.07, 6.45) is 2.13. The number of carbonyl (C=O) groups is 2. The number of nitrogens with one attached hydrogen (secondary N) is 1. The Morgan fingerprint density at radius 3 is 2.82 bits per heavy atom. The number of benzene rings is 1. The molecule has 3 fully saturated rings. The number of amides is 2. The second-order valence-corrected chi connectivity index (χ2v) is 10.9. The van der Waals surface area contributed by atoms with E-state index in [1.54, 1.807) is 17.0 Å². The maximum Gasteiger partial charge on any atom is 0.241 e. The normalized spacial score (nSPS) is 27.1. The molecule has 3 saturated heterocycles. The molecule has 0 radical (unpaired) electrons. The number of hydrogen-bond donors (Lipinski definition) is 2. The number of likely N-dealkylation sites (tertiary alicyclic amines) is 3. The van der Waals surface area contributed by atoms with Crippen molar-refractivity contribution in [2.45, 2.75) is 61.3 Å². The molecule has 3 aliphatic heterocycles. The van der Waals surface area contributed by atoms with Crippen molar-refractivity contribution in [1.29, 1.82) is 5.26 Å². The summed E-state index contributed by atoms with van der Waals surface area (Å²) in [6.45, 7) is 3.33. The van der Waals surface area contributed by atoms with Gasteiger partial charge in [-0.2, -0.15) is 5.26 Å². The van der Waals surface area contributed by atoms with Crippen LogP contribution in [0.4, 0.5) is 0 Å². The van der Waals surface area contributed by atoms with Gasteiger partial charge in [-0.05, 0) is 50.9 Å². The Hall–Kier alpha value is -2.52. The van der Waals surface area contributed by atoms with Gasteiger partial charge < -0.3 is 15.5 Å². The zero-order valence-corrected chi connectivity index (χ0v) is 19.7. The molecular formula is C22H30N6O4S. The van der Waals surface area contributed by atoms with Gasteiger partial charge in [0.05, 0.1) is 29.1 Å². The van der Waals surface area contributed by atoms with Gasteiger partial charge in [0.25, 0.3) is 0 Å². The smallest absolute Gasteiger partial charge is 0.241 e. The molecule has 0 spiro atoms. The molecule has 10 nitrogen and oxygen atoms in total. The average molecular weight is 475 g/mol. The Morgan fingerprint density at radius 2 is 2.15 bits per heavy atom. The first-order chi connectivity index (χ1) is 15.7. The molecule has 3 heterocycles. The maximum absolute atomic E-state index is 13.2. The Morgan fingerprint density at radius 1 is 1.39 bits per heavy atom. The third-order valence-electron chi connectivity index (χ3n) is 7.08. The van der Waals surface area contributed by atoms with Crippen LogP contribution < -0.4 is 10.5 Å². The number of carbonyl (C=O) groups excluding carboxylic acids is 2. The summed E-state index contributed by atoms with van der Waals surface area (Å²) in [4.78, 5) is 31.5. The van der Waals surface area contributed by atoms with E-state index in [-0.39, 0.29) is 41.4 Å². The van der Waals surface area contributed by atoms with E-state index in [0.29, 0.717) is 25.9 Å². The number of rotatable bonds is 7. The van der Waals surface area contributed by atoms with E-state index >= 15 is 0 Å². The Balaban J connectivity index is 1.42. The van der Waals surface area contributed by atoms with Crippen molar-refractivity contribution in [3.05, 3.63) is 29.8 Å². The molecule has 3 N–H and O–H groups in total. The van der Waals surface area contributed by atoms with Crippen molar-refractivity contribution in [3.8, 4) is 6.07 Å². The molecule has 2 bridgehead atoms. The molecule has 3 aliphatic rings. The van der Waals surface area contributed by atoms with Crippen LogP contribution in [0.2, 0.25) is 0 Å². The lowest BCUT2D eigenvalue weighted by atomic mass is 10.1. The lowest BCUT2D eigenvalue weighted by Crippen LogP contribution is -2.56. The number of nitrogens with zero attached hydrogens (tertiary/aromatic N) is 4. The summed E-state index contributed by atoms with van der Waals surface area (Å²) in [6, 6.07) is 6.95. The van der Waals surface area contributed by atoms with Crippen LogP contribution >= 0.6 is 0 Å². The largest absolute Gasteiger partial charge is 0.330 e. The van der Waals surface area contributed by atoms with Crippen LogP contribution in [0.15, 0.2) is 29.2 Å². The van der Waals surface area contributed by atoms with E-state index in [4.69, 9.17) is 5.73 Å². The van der Waals surface area contributed by atoms with Crippen LogP contribution in [-0.2, 0) is 19.6 Å². The van der Waals surface area contributed by atoms with E-state index in [1.165, 1.54) is 13.1 Å². The maximum atomic E-state index is 13.2. The molecule has 1 aromatic carbocycles. The van der Waals surface area contributed by atoms with Gasteiger partial charge in [-0.25, -0.2) is 13.1 Å². The average Bonchev–Trinajstić information content (AvgIpc) is 3.52. The van der Waals surface area contributed by atoms with Gasteiger partial charge in [-0.3, -0.25) is 14.5 Å². The van der Waals surface area contributed by atoms with E-state index in [2.05, 4.69) is 10.8 Å². The molecule has 4 rings (SSSR count). The van der Waals surface area contributed by atoms with Crippen molar-refractivity contribution in [2.24, 2.45) is 5.73 Å². The molecule has 178 valence electrons. The SMILES string of the molecule is CNS(=O)(=O)c1cccc([C@@H](C)N2C(=O)[C@@H]3CC2CN3C[C@H](N)C(=O)N2CCC[C@H]2C#N)c1. The predicted octanol–water partition coefficient (Wildman–Crippen LogP) is -0.217. The zero-order valence-electron chi connectivity index (χ0n) is 18.8. The van der Waals surface area contributed by atoms with Gasteiger partial charge in [-0.1, -0.05) is 12.1 Å². The lowest BCUT2D eigenvalue weighted by molar-refractivity contribution is -0.141. The quantitative estimate of drug-likeness (QED) is 0.557.